The van der Waals surface area contributed by atoms with E-state index in [2.05, 4.69) is 184 Å². The number of carbonyl (C=O) groups is 5. The van der Waals surface area contributed by atoms with Crippen molar-refractivity contribution in [3.63, 3.8) is 0 Å². The van der Waals surface area contributed by atoms with Gasteiger partial charge in [-0.3, -0.25) is 5.32 Å². The summed E-state index contributed by atoms with van der Waals surface area (Å²) < 4.78 is 23.6. The molecule has 1 aromatic heterocycles. The molecule has 78 heavy (non-hydrogen) atoms. The zero-order valence-electron chi connectivity index (χ0n) is 46.5. The van der Waals surface area contributed by atoms with Gasteiger partial charge in [-0.25, -0.2) is 29.1 Å². The minimum atomic E-state index is -1.49. The summed E-state index contributed by atoms with van der Waals surface area (Å²) in [6.07, 6.45) is 15.7. The number of nitrogens with one attached hydrogen (secondary N) is 4. The van der Waals surface area contributed by atoms with Crippen LogP contribution in [-0.4, -0.2) is 109 Å². The number of fused-ring (bicyclic) bond motifs is 2. The summed E-state index contributed by atoms with van der Waals surface area (Å²) in [7, 11) is 4.26. The lowest BCUT2D eigenvalue weighted by molar-refractivity contribution is -0.401. The third-order valence-corrected chi connectivity index (χ3v) is 16.2. The number of rotatable bonds is 20. The third kappa shape index (κ3) is 13.6. The first-order chi connectivity index (χ1) is 36.9. The van der Waals surface area contributed by atoms with Crippen LogP contribution in [0.2, 0.25) is 0 Å². The largest absolute Gasteiger partial charge is 0.462 e. The molecule has 3 amide bonds. The van der Waals surface area contributed by atoms with Gasteiger partial charge >= 0.3 is 30.0 Å². The number of hydrogen-bond donors (Lipinski definition) is 4. The molecular formula is C60H75N8O9S+. The van der Waals surface area contributed by atoms with E-state index < -0.39 is 67.3 Å². The van der Waals surface area contributed by atoms with E-state index in [1.165, 1.54) is 56.8 Å². The first-order valence-electron chi connectivity index (χ1n) is 26.2. The number of allylic oxidation sites excluding steroid dienone is 7. The van der Waals surface area contributed by atoms with Gasteiger partial charge < -0.3 is 34.5 Å². The first kappa shape index (κ1) is 58.2. The van der Waals surface area contributed by atoms with E-state index in [0.717, 1.165) is 42.4 Å². The molecule has 0 spiro atoms. The van der Waals surface area contributed by atoms with E-state index in [-0.39, 0.29) is 34.8 Å². The molecule has 0 saturated heterocycles. The maximum atomic E-state index is 13.8. The number of nitrogens with zero attached hydrogens (tertiary/aromatic N) is 4. The van der Waals surface area contributed by atoms with Crippen molar-refractivity contribution < 1.29 is 47.5 Å². The van der Waals surface area contributed by atoms with Crippen molar-refractivity contribution in [1.82, 2.24) is 25.8 Å². The smallest absolute Gasteiger partial charge is 0.407 e. The van der Waals surface area contributed by atoms with Gasteiger partial charge in [0.25, 0.3) is 0 Å². The summed E-state index contributed by atoms with van der Waals surface area (Å²) >= 11 is 1.48. The van der Waals surface area contributed by atoms with E-state index in [1.807, 2.05) is 6.92 Å². The summed E-state index contributed by atoms with van der Waals surface area (Å²) in [6.45, 7) is 23.9. The second-order valence-corrected chi connectivity index (χ2v) is 23.8. The molecule has 0 radical (unpaired) electrons. The Morgan fingerprint density at radius 2 is 1.42 bits per heavy atom. The number of ether oxygens (including phenoxy) is 4. The summed E-state index contributed by atoms with van der Waals surface area (Å²) in [5, 5.41) is 16.9. The average Bonchev–Trinajstić information content (AvgIpc) is 3.98. The van der Waals surface area contributed by atoms with Crippen LogP contribution >= 0.6 is 11.8 Å². The fourth-order valence-electron chi connectivity index (χ4n) is 11.6. The Hall–Kier alpha value is -7.47. The molecule has 2 aliphatic carbocycles. The van der Waals surface area contributed by atoms with Crippen molar-refractivity contribution in [2.45, 2.75) is 109 Å². The first-order valence-corrected chi connectivity index (χ1v) is 27.1. The van der Waals surface area contributed by atoms with Crippen molar-refractivity contribution >= 4 is 64.8 Å². The van der Waals surface area contributed by atoms with Crippen molar-refractivity contribution in [1.29, 1.82) is 0 Å². The fourth-order valence-corrected chi connectivity index (χ4v) is 12.6. The van der Waals surface area contributed by atoms with Gasteiger partial charge in [0.05, 0.1) is 5.41 Å². The molecule has 4 N–H and O–H groups in total. The predicted octanol–water partition coefficient (Wildman–Crippen LogP) is 10.4. The van der Waals surface area contributed by atoms with E-state index in [9.17, 15) is 24.0 Å². The minimum absolute atomic E-state index is 0.178. The zero-order chi connectivity index (χ0) is 56.6. The molecular weight excluding hydrogens is 1010 g/mol. The lowest BCUT2D eigenvalue weighted by atomic mass is 9.62. The lowest BCUT2D eigenvalue weighted by Crippen LogP contribution is -2.51. The minimum Gasteiger partial charge on any atom is -0.462 e. The highest BCUT2D eigenvalue weighted by Crippen LogP contribution is 2.49. The number of benzene rings is 2. The summed E-state index contributed by atoms with van der Waals surface area (Å²) in [5.41, 5.74) is 7.18. The van der Waals surface area contributed by atoms with Crippen LogP contribution in [0, 0.1) is 16.2 Å². The van der Waals surface area contributed by atoms with Crippen molar-refractivity contribution in [3.05, 3.63) is 144 Å². The van der Waals surface area contributed by atoms with Gasteiger partial charge in [-0.1, -0.05) is 103 Å². The summed E-state index contributed by atoms with van der Waals surface area (Å²) in [4.78, 5) is 71.4. The zero-order valence-corrected chi connectivity index (χ0v) is 47.3. The average molecular weight is 1080 g/mol. The number of H-pyrrole nitrogens is 1. The third-order valence-electron chi connectivity index (χ3n) is 15.1. The number of carbonyl (C=O) groups excluding carboxylic acids is 5. The molecule has 7 rings (SSSR count). The van der Waals surface area contributed by atoms with Crippen LogP contribution in [0.1, 0.15) is 98.1 Å². The van der Waals surface area contributed by atoms with Gasteiger partial charge in [0.15, 0.2) is 5.71 Å². The number of para-hydroxylation sites is 2. The Labute approximate surface area is 462 Å². The lowest BCUT2D eigenvalue weighted by Gasteiger charge is -2.46. The van der Waals surface area contributed by atoms with Gasteiger partial charge in [-0.2, -0.15) is 9.56 Å². The van der Waals surface area contributed by atoms with Gasteiger partial charge in [0, 0.05) is 77.3 Å². The number of amides is 3. The topological polar surface area (TPSA) is 206 Å². The van der Waals surface area contributed by atoms with Crippen molar-refractivity contribution in [2.24, 2.45) is 16.2 Å². The van der Waals surface area contributed by atoms with Crippen LogP contribution in [0.5, 0.6) is 0 Å². The highest BCUT2D eigenvalue weighted by atomic mass is 32.2. The number of esters is 3. The van der Waals surface area contributed by atoms with Crippen LogP contribution < -0.4 is 20.9 Å². The Kier molecular flexibility index (Phi) is 17.9. The van der Waals surface area contributed by atoms with Crippen LogP contribution in [0.4, 0.5) is 26.9 Å². The van der Waals surface area contributed by atoms with E-state index in [0.29, 0.717) is 24.4 Å². The summed E-state index contributed by atoms with van der Waals surface area (Å²) in [5.74, 6) is -2.19. The van der Waals surface area contributed by atoms with E-state index in [1.54, 1.807) is 0 Å². The van der Waals surface area contributed by atoms with Gasteiger partial charge in [0.2, 0.25) is 16.8 Å². The molecule has 17 nitrogen and oxygen atoms in total. The molecule has 3 aromatic rings. The SMILES string of the molecule is C=CC(=O)OCC(COC(=O)C=C)(COC(=O)C=C)COC(=O)NCC1(C)CC(NC(=O)Nc2nc(SC3=C(/C=C/C4=[N+](C)c5ccccc5C4(C)C)CCC/C3=C\C=C3\N(C)c4ccccc4C3(C)C)n[nH]2)CC(C)(C)C1. The highest BCUT2D eigenvalue weighted by Gasteiger charge is 2.45. The Morgan fingerprint density at radius 3 is 2.05 bits per heavy atom. The second-order valence-electron chi connectivity index (χ2n) is 22.9. The molecule has 3 heterocycles. The Bertz CT molecular complexity index is 2960. The van der Waals surface area contributed by atoms with Crippen LogP contribution in [-0.2, 0) is 44.2 Å². The van der Waals surface area contributed by atoms with E-state index >= 15 is 0 Å². The maximum Gasteiger partial charge on any atom is 0.407 e. The monoisotopic (exact) mass is 1080 g/mol. The van der Waals surface area contributed by atoms with Gasteiger partial charge in [0.1, 0.15) is 38.9 Å². The standard InChI is InChI=1S/C60H74N8O9S/c1-13-48(69)74-35-60(36-75-49(70)14-2,37-76-50(71)15-3)38-77-55(73)61-34-59(10)32-41(31-56(4,5)33-59)62-53(72)63-52-64-54(66-65-52)78-51-39(27-29-46-57(6,7)42-23-16-18-25-44(42)67(46)11)21-20-22-40(51)28-30-47-58(8,9)43-24-17-19-26-45(43)68(47)12/h13-19,23-30,41H,1-3,20-22,31-38H2,4-12H3,(H3-,61,62,63,64,65,66,72,73)/p+1. The van der Waals surface area contributed by atoms with Crippen LogP contribution in [0.3, 0.4) is 0 Å². The summed E-state index contributed by atoms with van der Waals surface area (Å²) in [6, 6.07) is 16.4. The molecule has 2 unspecified atom stereocenters. The van der Waals surface area contributed by atoms with Gasteiger partial charge in [-0.15, -0.1) is 5.10 Å². The maximum absolute atomic E-state index is 13.8. The normalized spacial score (nSPS) is 21.1. The van der Waals surface area contributed by atoms with Crippen molar-refractivity contribution in [3.8, 4) is 0 Å². The number of aromatic amines is 1. The van der Waals surface area contributed by atoms with Gasteiger partial charge in [-0.05, 0) is 104 Å². The van der Waals surface area contributed by atoms with Crippen LogP contribution in [0.25, 0.3) is 0 Å². The molecule has 4 aliphatic rings. The molecule has 18 heteroatoms. The number of anilines is 2. The van der Waals surface area contributed by atoms with Crippen molar-refractivity contribution in [2.75, 3.05) is 57.3 Å². The number of urea groups is 1. The molecule has 1 fully saturated rings. The molecule has 0 bridgehead atoms. The Balaban J connectivity index is 1.04. The number of hydrogen-bond acceptors (Lipinski definition) is 13. The molecule has 2 atom stereocenters. The molecule has 1 saturated carbocycles. The second kappa shape index (κ2) is 24.0. The number of thioether (sulfide) groups is 1. The number of aromatic nitrogens is 3. The predicted molar refractivity (Wildman–Crippen MR) is 304 cm³/mol. The quantitative estimate of drug-likeness (QED) is 0.0360. The number of likely N-dealkylation sites (N-methyl/N-ethyl adjacent to an activating group) is 1. The van der Waals surface area contributed by atoms with E-state index in [4.69, 9.17) is 23.9 Å². The highest BCUT2D eigenvalue weighted by molar-refractivity contribution is 8.03. The fraction of sp³-hybridized carbons (Fsp3) is 0.433. The molecule has 414 valence electrons. The Morgan fingerprint density at radius 1 is 0.808 bits per heavy atom. The molecule has 2 aromatic carbocycles. The molecule has 2 aliphatic heterocycles. The van der Waals surface area contributed by atoms with Crippen LogP contribution in [0.15, 0.2) is 138 Å². The number of alkyl carbamates (subject to hydrolysis) is 1.